The number of benzene rings is 1. The molecule has 2 heterocycles. The van der Waals surface area contributed by atoms with Crippen molar-refractivity contribution in [1.82, 2.24) is 15.8 Å². The smallest absolute Gasteiger partial charge is 0.305 e. The fourth-order valence-electron chi connectivity index (χ4n) is 2.38. The molecule has 25 heavy (non-hydrogen) atoms. The van der Waals surface area contributed by atoms with Gasteiger partial charge in [-0.3, -0.25) is 20.4 Å². The minimum absolute atomic E-state index is 0.134. The van der Waals surface area contributed by atoms with E-state index in [1.807, 2.05) is 38.1 Å². The average molecular weight is 355 g/mol. The fraction of sp³-hybridized carbons (Fsp3) is 0.167. The van der Waals surface area contributed by atoms with Gasteiger partial charge in [0.15, 0.2) is 5.76 Å². The van der Waals surface area contributed by atoms with Gasteiger partial charge in [-0.25, -0.2) is 4.98 Å². The Hall–Kier alpha value is -2.80. The summed E-state index contributed by atoms with van der Waals surface area (Å²) in [6.45, 7) is 4.04. The Labute approximate surface area is 149 Å². The number of aromatic nitrogens is 1. The Morgan fingerprint density at radius 3 is 2.72 bits per heavy atom. The molecule has 0 atom stereocenters. The molecule has 0 spiro atoms. The summed E-state index contributed by atoms with van der Waals surface area (Å²) in [4.78, 5) is 28.2. The molecular weight excluding hydrogens is 338 g/mol. The third-order valence-corrected chi connectivity index (χ3v) is 4.55. The van der Waals surface area contributed by atoms with Crippen LogP contribution in [0.3, 0.4) is 0 Å². The van der Waals surface area contributed by atoms with E-state index in [2.05, 4.69) is 15.8 Å². The highest BCUT2D eigenvalue weighted by molar-refractivity contribution is 7.99. The topological polar surface area (TPSA) is 84.2 Å². The molecule has 0 aliphatic carbocycles. The lowest BCUT2D eigenvalue weighted by Crippen LogP contribution is -2.42. The molecule has 3 rings (SSSR count). The molecule has 0 radical (unpaired) electrons. The molecule has 0 bridgehead atoms. The average Bonchev–Trinajstić information content (AvgIpc) is 3.13. The number of carbonyl (C=O) groups excluding carboxylic acids is 2. The van der Waals surface area contributed by atoms with E-state index in [1.54, 1.807) is 6.07 Å². The lowest BCUT2D eigenvalue weighted by molar-refractivity contribution is -0.119. The number of furan rings is 1. The van der Waals surface area contributed by atoms with Crippen molar-refractivity contribution in [2.45, 2.75) is 18.9 Å². The maximum Gasteiger partial charge on any atom is 0.305 e. The summed E-state index contributed by atoms with van der Waals surface area (Å²) in [5.74, 6) is -0.550. The molecule has 128 valence electrons. The monoisotopic (exact) mass is 355 g/mol. The number of pyridine rings is 1. The molecular formula is C18H17N3O3S. The van der Waals surface area contributed by atoms with E-state index in [0.29, 0.717) is 0 Å². The van der Waals surface area contributed by atoms with Crippen LogP contribution in [-0.4, -0.2) is 22.6 Å². The number of hydrogen-bond donors (Lipinski definition) is 2. The minimum Gasteiger partial charge on any atom is -0.459 e. The normalized spacial score (nSPS) is 10.6. The third-order valence-electron chi connectivity index (χ3n) is 3.64. The van der Waals surface area contributed by atoms with Crippen molar-refractivity contribution in [3.05, 3.63) is 59.5 Å². The minimum atomic E-state index is -0.501. The SMILES string of the molecule is Cc1cc(SCC(=O)NNC(=O)c2ccco2)nc2c(C)cccc12. The van der Waals surface area contributed by atoms with Crippen molar-refractivity contribution in [3.63, 3.8) is 0 Å². The Balaban J connectivity index is 1.59. The first-order valence-corrected chi connectivity index (χ1v) is 8.65. The first kappa shape index (κ1) is 17.0. The molecule has 2 amide bonds. The van der Waals surface area contributed by atoms with Gasteiger partial charge in [0.25, 0.3) is 0 Å². The van der Waals surface area contributed by atoms with Crippen LogP contribution in [0.2, 0.25) is 0 Å². The van der Waals surface area contributed by atoms with Crippen LogP contribution in [0.4, 0.5) is 0 Å². The van der Waals surface area contributed by atoms with Crippen molar-refractivity contribution in [2.24, 2.45) is 0 Å². The standard InChI is InChI=1S/C18H17N3O3S/c1-11-5-3-6-13-12(2)9-16(19-17(11)13)25-10-15(22)20-21-18(23)14-7-4-8-24-14/h3-9H,10H2,1-2H3,(H,20,22)(H,21,23). The number of amides is 2. The van der Waals surface area contributed by atoms with Gasteiger partial charge in [-0.15, -0.1) is 0 Å². The van der Waals surface area contributed by atoms with E-state index in [4.69, 9.17) is 4.42 Å². The Morgan fingerprint density at radius 2 is 1.96 bits per heavy atom. The largest absolute Gasteiger partial charge is 0.459 e. The van der Waals surface area contributed by atoms with Crippen LogP contribution in [0, 0.1) is 13.8 Å². The van der Waals surface area contributed by atoms with Gasteiger partial charge >= 0.3 is 5.91 Å². The number of nitrogens with one attached hydrogen (secondary N) is 2. The first-order chi connectivity index (χ1) is 12.0. The van der Waals surface area contributed by atoms with Crippen molar-refractivity contribution < 1.29 is 14.0 Å². The predicted molar refractivity (Wildman–Crippen MR) is 96.3 cm³/mol. The second-order valence-electron chi connectivity index (χ2n) is 5.52. The van der Waals surface area contributed by atoms with Crippen LogP contribution in [0.15, 0.2) is 52.1 Å². The highest BCUT2D eigenvalue weighted by Gasteiger charge is 2.11. The van der Waals surface area contributed by atoms with E-state index in [1.165, 1.54) is 24.1 Å². The molecule has 0 aliphatic heterocycles. The Morgan fingerprint density at radius 1 is 1.12 bits per heavy atom. The maximum absolute atomic E-state index is 11.9. The number of hydrogen-bond acceptors (Lipinski definition) is 5. The summed E-state index contributed by atoms with van der Waals surface area (Å²) in [5.41, 5.74) is 7.81. The van der Waals surface area contributed by atoms with Crippen molar-refractivity contribution in [2.75, 3.05) is 5.75 Å². The lowest BCUT2D eigenvalue weighted by Gasteiger charge is -2.09. The summed E-state index contributed by atoms with van der Waals surface area (Å²) in [7, 11) is 0. The third kappa shape index (κ3) is 4.00. The van der Waals surface area contributed by atoms with Gasteiger partial charge in [0, 0.05) is 5.39 Å². The molecule has 0 unspecified atom stereocenters. The zero-order valence-corrected chi connectivity index (χ0v) is 14.6. The number of aryl methyl sites for hydroxylation is 2. The number of rotatable bonds is 4. The highest BCUT2D eigenvalue weighted by atomic mass is 32.2. The van der Waals surface area contributed by atoms with Crippen molar-refractivity contribution in [1.29, 1.82) is 0 Å². The van der Waals surface area contributed by atoms with Crippen LogP contribution in [0.25, 0.3) is 10.9 Å². The molecule has 3 aromatic rings. The number of nitrogens with zero attached hydrogens (tertiary/aromatic N) is 1. The van der Waals surface area contributed by atoms with Gasteiger partial charge < -0.3 is 4.42 Å². The second-order valence-corrected chi connectivity index (χ2v) is 6.51. The highest BCUT2D eigenvalue weighted by Crippen LogP contribution is 2.25. The molecule has 2 N–H and O–H groups in total. The zero-order chi connectivity index (χ0) is 17.8. The van der Waals surface area contributed by atoms with Crippen LogP contribution in [0.1, 0.15) is 21.7 Å². The van der Waals surface area contributed by atoms with E-state index in [-0.39, 0.29) is 17.4 Å². The van der Waals surface area contributed by atoms with Crippen LogP contribution < -0.4 is 10.9 Å². The molecule has 1 aromatic carbocycles. The number of para-hydroxylation sites is 1. The number of thioether (sulfide) groups is 1. The van der Waals surface area contributed by atoms with Crippen LogP contribution >= 0.6 is 11.8 Å². The van der Waals surface area contributed by atoms with Gasteiger partial charge in [-0.2, -0.15) is 0 Å². The first-order valence-electron chi connectivity index (χ1n) is 7.67. The van der Waals surface area contributed by atoms with E-state index < -0.39 is 5.91 Å². The molecule has 2 aromatic heterocycles. The summed E-state index contributed by atoms with van der Waals surface area (Å²) >= 11 is 1.32. The number of fused-ring (bicyclic) bond motifs is 1. The number of hydrazine groups is 1. The molecule has 0 saturated heterocycles. The summed E-state index contributed by atoms with van der Waals surface area (Å²) < 4.78 is 4.94. The van der Waals surface area contributed by atoms with E-state index in [9.17, 15) is 9.59 Å². The number of carbonyl (C=O) groups is 2. The van der Waals surface area contributed by atoms with Crippen molar-refractivity contribution in [3.8, 4) is 0 Å². The second kappa shape index (κ2) is 7.40. The molecule has 0 fully saturated rings. The molecule has 6 nitrogen and oxygen atoms in total. The fourth-order valence-corrected chi connectivity index (χ4v) is 3.14. The Kier molecular flexibility index (Phi) is 5.04. The van der Waals surface area contributed by atoms with Gasteiger partial charge in [-0.05, 0) is 43.2 Å². The molecule has 0 saturated carbocycles. The van der Waals surface area contributed by atoms with Gasteiger partial charge in [0.05, 0.1) is 22.6 Å². The van der Waals surface area contributed by atoms with Crippen LogP contribution in [0.5, 0.6) is 0 Å². The van der Waals surface area contributed by atoms with Crippen LogP contribution in [-0.2, 0) is 4.79 Å². The van der Waals surface area contributed by atoms with Gasteiger partial charge in [0.1, 0.15) is 0 Å². The Bertz CT molecular complexity index is 923. The molecule has 0 aliphatic rings. The van der Waals surface area contributed by atoms with Gasteiger partial charge in [-0.1, -0.05) is 30.0 Å². The predicted octanol–water partition coefficient (Wildman–Crippen LogP) is 3.00. The van der Waals surface area contributed by atoms with Crippen molar-refractivity contribution >= 4 is 34.5 Å². The van der Waals surface area contributed by atoms with E-state index >= 15 is 0 Å². The zero-order valence-electron chi connectivity index (χ0n) is 13.8. The van der Waals surface area contributed by atoms with Gasteiger partial charge in [0.2, 0.25) is 5.91 Å². The lowest BCUT2D eigenvalue weighted by atomic mass is 10.1. The summed E-state index contributed by atoms with van der Waals surface area (Å²) in [5, 5.41) is 1.88. The maximum atomic E-state index is 11.9. The van der Waals surface area contributed by atoms with E-state index in [0.717, 1.165) is 27.1 Å². The summed E-state index contributed by atoms with van der Waals surface area (Å²) in [6.07, 6.45) is 1.39. The quantitative estimate of drug-likeness (QED) is 0.555. The molecule has 7 heteroatoms. The summed E-state index contributed by atoms with van der Waals surface area (Å²) in [6, 6.07) is 11.1.